The fourth-order valence-corrected chi connectivity index (χ4v) is 4.16. The highest BCUT2D eigenvalue weighted by molar-refractivity contribution is 7.89. The molecule has 0 radical (unpaired) electrons. The average molecular weight is 436 g/mol. The molecule has 1 fully saturated rings. The molecule has 2 amide bonds. The quantitative estimate of drug-likeness (QED) is 0.754. The fraction of sp³-hybridized carbons (Fsp3) is 0.300. The Morgan fingerprint density at radius 2 is 1.69 bits per heavy atom. The zero-order valence-corrected chi connectivity index (χ0v) is 17.5. The van der Waals surface area contributed by atoms with Crippen LogP contribution in [-0.4, -0.2) is 45.3 Å². The van der Waals surface area contributed by atoms with E-state index in [1.165, 1.54) is 25.2 Å². The number of piperidine rings is 1. The fourth-order valence-electron chi connectivity index (χ4n) is 3.20. The summed E-state index contributed by atoms with van der Waals surface area (Å²) in [5.41, 5.74) is 0.743. The molecule has 0 atom stereocenters. The number of nitrogens with one attached hydrogen (secondary N) is 2. The van der Waals surface area contributed by atoms with E-state index in [2.05, 4.69) is 10.0 Å². The second-order valence-corrected chi connectivity index (χ2v) is 9.00. The number of para-hydroxylation sites is 1. The molecule has 1 aliphatic heterocycles. The van der Waals surface area contributed by atoms with Gasteiger partial charge in [-0.1, -0.05) is 23.7 Å². The monoisotopic (exact) mass is 435 g/mol. The number of hydrogen-bond donors (Lipinski definition) is 2. The van der Waals surface area contributed by atoms with Gasteiger partial charge in [-0.25, -0.2) is 13.1 Å². The van der Waals surface area contributed by atoms with Crippen molar-refractivity contribution in [2.45, 2.75) is 24.2 Å². The molecule has 2 aromatic rings. The minimum atomic E-state index is -3.73. The van der Waals surface area contributed by atoms with Crippen LogP contribution in [0.2, 0.25) is 5.02 Å². The summed E-state index contributed by atoms with van der Waals surface area (Å²) in [4.78, 5) is 27.4. The van der Waals surface area contributed by atoms with Crippen LogP contribution in [0.25, 0.3) is 0 Å². The summed E-state index contributed by atoms with van der Waals surface area (Å²) >= 11 is 6.12. The van der Waals surface area contributed by atoms with E-state index in [1.807, 2.05) is 0 Å². The van der Waals surface area contributed by atoms with Gasteiger partial charge < -0.3 is 10.2 Å². The highest BCUT2D eigenvalue weighted by Crippen LogP contribution is 2.24. The van der Waals surface area contributed by atoms with E-state index in [-0.39, 0.29) is 21.4 Å². The van der Waals surface area contributed by atoms with E-state index < -0.39 is 15.9 Å². The van der Waals surface area contributed by atoms with Gasteiger partial charge in [0.05, 0.1) is 26.7 Å². The first-order valence-corrected chi connectivity index (χ1v) is 11.1. The molecule has 0 aromatic heterocycles. The maximum Gasteiger partial charge on any atom is 0.257 e. The lowest BCUT2D eigenvalue weighted by atomic mass is 10.1. The van der Waals surface area contributed by atoms with Gasteiger partial charge in [0.1, 0.15) is 0 Å². The summed E-state index contributed by atoms with van der Waals surface area (Å²) in [6.07, 6.45) is 3.03. The number of nitrogens with zero attached hydrogens (tertiary/aromatic N) is 1. The van der Waals surface area contributed by atoms with Gasteiger partial charge in [-0.05, 0) is 56.6 Å². The molecule has 0 unspecified atom stereocenters. The molecule has 2 N–H and O–H groups in total. The second kappa shape index (κ2) is 8.94. The maximum atomic E-state index is 12.9. The standard InChI is InChI=1S/C20H22ClN3O4S/c1-22-29(27,28)14-9-10-17(21)16(13-14)19(25)23-18-8-4-3-7-15(18)20(26)24-11-5-2-6-12-24/h3-4,7-10,13,22H,2,5-6,11-12H2,1H3,(H,23,25). The molecule has 3 rings (SSSR count). The predicted molar refractivity (Wildman–Crippen MR) is 112 cm³/mol. The minimum Gasteiger partial charge on any atom is -0.339 e. The van der Waals surface area contributed by atoms with Crippen LogP contribution in [0.5, 0.6) is 0 Å². The van der Waals surface area contributed by atoms with Crippen molar-refractivity contribution in [3.63, 3.8) is 0 Å². The van der Waals surface area contributed by atoms with Crippen LogP contribution in [0.1, 0.15) is 40.0 Å². The summed E-state index contributed by atoms with van der Waals surface area (Å²) in [6.45, 7) is 1.38. The lowest BCUT2D eigenvalue weighted by Crippen LogP contribution is -2.36. The van der Waals surface area contributed by atoms with Crippen LogP contribution >= 0.6 is 11.6 Å². The molecule has 0 saturated carbocycles. The third-order valence-corrected chi connectivity index (χ3v) is 6.55. The SMILES string of the molecule is CNS(=O)(=O)c1ccc(Cl)c(C(=O)Nc2ccccc2C(=O)N2CCCCC2)c1. The van der Waals surface area contributed by atoms with Crippen LogP contribution in [-0.2, 0) is 10.0 Å². The van der Waals surface area contributed by atoms with Gasteiger partial charge in [0.25, 0.3) is 11.8 Å². The predicted octanol–water partition coefficient (Wildman–Crippen LogP) is 3.13. The molecule has 1 saturated heterocycles. The molecule has 9 heteroatoms. The average Bonchev–Trinajstić information content (AvgIpc) is 2.74. The number of carbonyl (C=O) groups is 2. The molecule has 0 aliphatic carbocycles. The molecule has 7 nitrogen and oxygen atoms in total. The molecular weight excluding hydrogens is 414 g/mol. The number of amides is 2. The van der Waals surface area contributed by atoms with E-state index in [0.29, 0.717) is 24.3 Å². The summed E-state index contributed by atoms with van der Waals surface area (Å²) in [6, 6.07) is 10.6. The second-order valence-electron chi connectivity index (χ2n) is 6.70. The summed E-state index contributed by atoms with van der Waals surface area (Å²) in [7, 11) is -2.45. The van der Waals surface area contributed by atoms with Gasteiger partial charge >= 0.3 is 0 Å². The number of rotatable bonds is 5. The number of halogens is 1. The lowest BCUT2D eigenvalue weighted by molar-refractivity contribution is 0.0725. The first kappa shape index (κ1) is 21.3. The van der Waals surface area contributed by atoms with E-state index >= 15 is 0 Å². The molecule has 0 bridgehead atoms. The van der Waals surface area contributed by atoms with Crippen LogP contribution in [0.3, 0.4) is 0 Å². The number of carbonyl (C=O) groups excluding carboxylic acids is 2. The van der Waals surface area contributed by atoms with Gasteiger partial charge in [-0.15, -0.1) is 0 Å². The van der Waals surface area contributed by atoms with Crippen molar-refractivity contribution in [3.05, 3.63) is 58.6 Å². The van der Waals surface area contributed by atoms with Crippen LogP contribution < -0.4 is 10.0 Å². The van der Waals surface area contributed by atoms with Crippen molar-refractivity contribution in [2.24, 2.45) is 0 Å². The van der Waals surface area contributed by atoms with Gasteiger partial charge in [0.2, 0.25) is 10.0 Å². The van der Waals surface area contributed by atoms with E-state index in [1.54, 1.807) is 29.2 Å². The normalized spacial score (nSPS) is 14.5. The summed E-state index contributed by atoms with van der Waals surface area (Å²) in [5, 5.41) is 2.81. The third-order valence-electron chi connectivity index (χ3n) is 4.81. The van der Waals surface area contributed by atoms with Crippen molar-refractivity contribution in [2.75, 3.05) is 25.5 Å². The number of anilines is 1. The largest absolute Gasteiger partial charge is 0.339 e. The van der Waals surface area contributed by atoms with Crippen molar-refractivity contribution < 1.29 is 18.0 Å². The van der Waals surface area contributed by atoms with Gasteiger partial charge in [-0.3, -0.25) is 9.59 Å². The third kappa shape index (κ3) is 4.77. The number of sulfonamides is 1. The molecule has 0 spiro atoms. The highest BCUT2D eigenvalue weighted by atomic mass is 35.5. The smallest absolute Gasteiger partial charge is 0.257 e. The lowest BCUT2D eigenvalue weighted by Gasteiger charge is -2.27. The van der Waals surface area contributed by atoms with Crippen molar-refractivity contribution in [3.8, 4) is 0 Å². The Labute approximate surface area is 175 Å². The molecule has 1 aliphatic rings. The van der Waals surface area contributed by atoms with E-state index in [9.17, 15) is 18.0 Å². The van der Waals surface area contributed by atoms with Crippen molar-refractivity contribution >= 4 is 39.1 Å². The zero-order valence-electron chi connectivity index (χ0n) is 15.9. The first-order chi connectivity index (χ1) is 13.8. The van der Waals surface area contributed by atoms with Crippen molar-refractivity contribution in [1.82, 2.24) is 9.62 Å². The van der Waals surface area contributed by atoms with Gasteiger partial charge in [0, 0.05) is 13.1 Å². The van der Waals surface area contributed by atoms with E-state index in [0.717, 1.165) is 19.3 Å². The van der Waals surface area contributed by atoms with Crippen molar-refractivity contribution in [1.29, 1.82) is 0 Å². The maximum absolute atomic E-state index is 12.9. The van der Waals surface area contributed by atoms with Crippen LogP contribution in [0.4, 0.5) is 5.69 Å². The molecule has 1 heterocycles. The highest BCUT2D eigenvalue weighted by Gasteiger charge is 2.23. The van der Waals surface area contributed by atoms with E-state index in [4.69, 9.17) is 11.6 Å². The molecule has 154 valence electrons. The molecule has 29 heavy (non-hydrogen) atoms. The molecular formula is C20H22ClN3O4S. The van der Waals surface area contributed by atoms with Crippen LogP contribution in [0.15, 0.2) is 47.4 Å². The number of benzene rings is 2. The molecule has 2 aromatic carbocycles. The Hall–Kier alpha value is -2.42. The Kier molecular flexibility index (Phi) is 6.56. The Morgan fingerprint density at radius 3 is 2.38 bits per heavy atom. The topological polar surface area (TPSA) is 95.6 Å². The Morgan fingerprint density at radius 1 is 1.00 bits per heavy atom. The zero-order chi connectivity index (χ0) is 21.0. The van der Waals surface area contributed by atoms with Gasteiger partial charge in [0.15, 0.2) is 0 Å². The Balaban J connectivity index is 1.89. The van der Waals surface area contributed by atoms with Gasteiger partial charge in [-0.2, -0.15) is 0 Å². The number of likely N-dealkylation sites (tertiary alicyclic amines) is 1. The van der Waals surface area contributed by atoms with Crippen LogP contribution in [0, 0.1) is 0 Å². The minimum absolute atomic E-state index is 0.00298. The number of hydrogen-bond acceptors (Lipinski definition) is 4. The Bertz CT molecular complexity index is 1030. The summed E-state index contributed by atoms with van der Waals surface area (Å²) in [5.74, 6) is -0.736. The first-order valence-electron chi connectivity index (χ1n) is 9.26. The summed E-state index contributed by atoms with van der Waals surface area (Å²) < 4.78 is 26.3.